The predicted octanol–water partition coefficient (Wildman–Crippen LogP) is 1.58. The topological polar surface area (TPSA) is 116 Å². The Morgan fingerprint density at radius 2 is 2.09 bits per heavy atom. The van der Waals surface area contributed by atoms with Gasteiger partial charge in [-0.1, -0.05) is 11.8 Å². The summed E-state index contributed by atoms with van der Waals surface area (Å²) in [6.07, 6.45) is 2.73. The zero-order valence-corrected chi connectivity index (χ0v) is 12.8. The van der Waals surface area contributed by atoms with Crippen molar-refractivity contribution in [3.8, 4) is 0 Å². The van der Waals surface area contributed by atoms with Crippen molar-refractivity contribution in [3.63, 3.8) is 0 Å². The third-order valence-electron chi connectivity index (χ3n) is 5.34. The summed E-state index contributed by atoms with van der Waals surface area (Å²) < 4.78 is 0. The molecule has 22 heavy (non-hydrogen) atoms. The van der Waals surface area contributed by atoms with Crippen molar-refractivity contribution in [3.05, 3.63) is 5.82 Å². The number of aromatic amines is 1. The van der Waals surface area contributed by atoms with Crippen LogP contribution in [-0.4, -0.2) is 42.6 Å². The number of hydrogen-bond acceptors (Lipinski definition) is 5. The number of carboxylic acids is 2. The summed E-state index contributed by atoms with van der Waals surface area (Å²) in [5.74, 6) is -1.33. The fourth-order valence-electron chi connectivity index (χ4n) is 3.96. The quantitative estimate of drug-likeness (QED) is 0.753. The van der Waals surface area contributed by atoms with E-state index in [1.807, 2.05) is 0 Å². The minimum Gasteiger partial charge on any atom is -0.481 e. The van der Waals surface area contributed by atoms with E-state index in [9.17, 15) is 19.8 Å². The van der Waals surface area contributed by atoms with Crippen molar-refractivity contribution in [2.75, 3.05) is 0 Å². The zero-order valence-electron chi connectivity index (χ0n) is 12.0. The minimum absolute atomic E-state index is 0.0462. The molecular formula is C14H17N3O4S. The monoisotopic (exact) mass is 323 g/mol. The van der Waals surface area contributed by atoms with Crippen LogP contribution >= 0.6 is 11.8 Å². The van der Waals surface area contributed by atoms with Gasteiger partial charge in [0.15, 0.2) is 0 Å². The van der Waals surface area contributed by atoms with Crippen LogP contribution in [0.1, 0.15) is 37.9 Å². The molecule has 0 saturated heterocycles. The van der Waals surface area contributed by atoms with E-state index in [4.69, 9.17) is 0 Å². The van der Waals surface area contributed by atoms with Crippen LogP contribution in [0.5, 0.6) is 0 Å². The van der Waals surface area contributed by atoms with Gasteiger partial charge < -0.3 is 10.2 Å². The number of aromatic nitrogens is 3. The lowest BCUT2D eigenvalue weighted by molar-refractivity contribution is -0.150. The van der Waals surface area contributed by atoms with Gasteiger partial charge in [-0.3, -0.25) is 14.7 Å². The number of carbonyl (C=O) groups is 2. The van der Waals surface area contributed by atoms with Gasteiger partial charge in [-0.25, -0.2) is 4.98 Å². The predicted molar refractivity (Wildman–Crippen MR) is 76.5 cm³/mol. The van der Waals surface area contributed by atoms with Crippen LogP contribution in [0.3, 0.4) is 0 Å². The molecule has 3 saturated carbocycles. The second-order valence-electron chi connectivity index (χ2n) is 6.83. The summed E-state index contributed by atoms with van der Waals surface area (Å²) in [7, 11) is 0. The fourth-order valence-corrected chi connectivity index (χ4v) is 5.41. The van der Waals surface area contributed by atoms with Crippen LogP contribution in [0.4, 0.5) is 0 Å². The second kappa shape index (κ2) is 4.47. The van der Waals surface area contributed by atoms with Gasteiger partial charge in [-0.2, -0.15) is 0 Å². The zero-order chi connectivity index (χ0) is 15.6. The smallest absolute Gasteiger partial charge is 0.309 e. The van der Waals surface area contributed by atoms with Crippen LogP contribution < -0.4 is 0 Å². The summed E-state index contributed by atoms with van der Waals surface area (Å²) in [5, 5.41) is 26.5. The minimum atomic E-state index is -0.957. The Morgan fingerprint density at radius 1 is 1.36 bits per heavy atom. The molecule has 0 aromatic carbocycles. The van der Waals surface area contributed by atoms with Gasteiger partial charge in [0.1, 0.15) is 5.82 Å². The number of nitrogens with one attached hydrogen (secondary N) is 1. The Balaban J connectivity index is 1.54. The molecule has 3 aliphatic rings. The molecule has 0 bridgehead atoms. The number of thioether (sulfide) groups is 1. The lowest BCUT2D eigenvalue weighted by atomic mass is 9.83. The van der Waals surface area contributed by atoms with Crippen molar-refractivity contribution >= 4 is 23.7 Å². The highest BCUT2D eigenvalue weighted by molar-refractivity contribution is 7.99. The van der Waals surface area contributed by atoms with Crippen LogP contribution in [0, 0.1) is 23.2 Å². The molecule has 3 fully saturated rings. The van der Waals surface area contributed by atoms with E-state index in [1.54, 1.807) is 6.92 Å². The number of fused-ring (bicyclic) bond motifs is 1. The van der Waals surface area contributed by atoms with Gasteiger partial charge in [0.25, 0.3) is 0 Å². The van der Waals surface area contributed by atoms with E-state index in [1.165, 1.54) is 11.8 Å². The molecule has 1 aromatic heterocycles. The standard InChI is InChI=1S/C14H17N3O4S/c1-14(12(20)21)4-6(7-8(9(7)14)11(18)19)22-13-15-10(16-17-13)5-2-3-5/h5-9H,2-4H2,1H3,(H,18,19)(H,20,21)(H,15,16,17). The Morgan fingerprint density at radius 3 is 2.68 bits per heavy atom. The average Bonchev–Trinajstić information content (AvgIpc) is 3.34. The van der Waals surface area contributed by atoms with Crippen LogP contribution in [0.15, 0.2) is 5.16 Å². The molecule has 0 aliphatic heterocycles. The first-order chi connectivity index (χ1) is 10.4. The highest BCUT2D eigenvalue weighted by Crippen LogP contribution is 2.69. The number of H-pyrrole nitrogens is 1. The van der Waals surface area contributed by atoms with E-state index < -0.39 is 23.3 Å². The fraction of sp³-hybridized carbons (Fsp3) is 0.714. The maximum atomic E-state index is 11.6. The lowest BCUT2D eigenvalue weighted by Crippen LogP contribution is -2.31. The molecule has 118 valence electrons. The second-order valence-corrected chi connectivity index (χ2v) is 8.03. The molecule has 7 nitrogen and oxygen atoms in total. The van der Waals surface area contributed by atoms with Crippen molar-refractivity contribution in [2.45, 2.75) is 42.5 Å². The highest BCUT2D eigenvalue weighted by atomic mass is 32.2. The Labute approximate surface area is 130 Å². The van der Waals surface area contributed by atoms with Crippen LogP contribution in [-0.2, 0) is 9.59 Å². The van der Waals surface area contributed by atoms with E-state index in [0.717, 1.165) is 18.7 Å². The third kappa shape index (κ3) is 1.96. The summed E-state index contributed by atoms with van der Waals surface area (Å²) in [6, 6.07) is 0. The van der Waals surface area contributed by atoms with Gasteiger partial charge in [0.05, 0.1) is 11.3 Å². The molecule has 0 amide bonds. The summed E-state index contributed by atoms with van der Waals surface area (Å²) in [6.45, 7) is 1.67. The van der Waals surface area contributed by atoms with E-state index in [-0.39, 0.29) is 17.1 Å². The highest BCUT2D eigenvalue weighted by Gasteiger charge is 2.73. The Kier molecular flexibility index (Phi) is 2.85. The number of carboxylic acid groups (broad SMARTS) is 2. The molecule has 5 unspecified atom stereocenters. The SMILES string of the molecule is CC1(C(=O)O)CC(Sc2n[nH]c(C3CC3)n2)C2C(C(=O)O)C21. The maximum absolute atomic E-state index is 11.6. The van der Waals surface area contributed by atoms with Crippen LogP contribution in [0.25, 0.3) is 0 Å². The molecule has 3 N–H and O–H groups in total. The molecule has 1 aromatic rings. The third-order valence-corrected chi connectivity index (χ3v) is 6.52. The number of aliphatic carboxylic acids is 2. The molecule has 4 rings (SSSR count). The largest absolute Gasteiger partial charge is 0.481 e. The van der Waals surface area contributed by atoms with Crippen LogP contribution in [0.2, 0.25) is 0 Å². The first kappa shape index (κ1) is 14.0. The molecule has 8 heteroatoms. The lowest BCUT2D eigenvalue weighted by Gasteiger charge is -2.23. The van der Waals surface area contributed by atoms with Gasteiger partial charge in [-0.05, 0) is 38.0 Å². The molecule has 0 spiro atoms. The van der Waals surface area contributed by atoms with E-state index in [0.29, 0.717) is 17.5 Å². The molecule has 1 heterocycles. The molecule has 5 atom stereocenters. The van der Waals surface area contributed by atoms with Gasteiger partial charge in [0.2, 0.25) is 5.16 Å². The summed E-state index contributed by atoms with van der Waals surface area (Å²) in [5.41, 5.74) is -0.957. The summed E-state index contributed by atoms with van der Waals surface area (Å²) >= 11 is 1.43. The number of nitrogens with zero attached hydrogens (tertiary/aromatic N) is 2. The maximum Gasteiger partial charge on any atom is 0.309 e. The number of hydrogen-bond donors (Lipinski definition) is 3. The van der Waals surface area contributed by atoms with Gasteiger partial charge >= 0.3 is 11.9 Å². The first-order valence-corrected chi connectivity index (χ1v) is 8.35. The van der Waals surface area contributed by atoms with E-state index >= 15 is 0 Å². The van der Waals surface area contributed by atoms with Crippen molar-refractivity contribution in [1.29, 1.82) is 0 Å². The van der Waals surface area contributed by atoms with Crippen molar-refractivity contribution in [1.82, 2.24) is 15.2 Å². The van der Waals surface area contributed by atoms with Crippen molar-refractivity contribution < 1.29 is 19.8 Å². The molecule has 0 radical (unpaired) electrons. The molecule has 3 aliphatic carbocycles. The van der Waals surface area contributed by atoms with Crippen molar-refractivity contribution in [2.24, 2.45) is 23.2 Å². The van der Waals surface area contributed by atoms with E-state index in [2.05, 4.69) is 15.2 Å². The normalized spacial score (nSPS) is 39.5. The number of rotatable bonds is 5. The Hall–Kier alpha value is -1.57. The Bertz CT molecular complexity index is 658. The summed E-state index contributed by atoms with van der Waals surface area (Å²) in [4.78, 5) is 27.4. The van der Waals surface area contributed by atoms with Gasteiger partial charge in [-0.15, -0.1) is 5.10 Å². The first-order valence-electron chi connectivity index (χ1n) is 7.47. The van der Waals surface area contributed by atoms with Gasteiger partial charge in [0, 0.05) is 11.2 Å². The average molecular weight is 323 g/mol. The molecular weight excluding hydrogens is 306 g/mol.